The van der Waals surface area contributed by atoms with Gasteiger partial charge < -0.3 is 10.6 Å². The smallest absolute Gasteiger partial charge is 0.191 e. The lowest BCUT2D eigenvalue weighted by molar-refractivity contribution is 0.221. The van der Waals surface area contributed by atoms with E-state index < -0.39 is 9.84 Å². The average molecular weight is 435 g/mol. The van der Waals surface area contributed by atoms with Crippen molar-refractivity contribution in [1.29, 1.82) is 0 Å². The van der Waals surface area contributed by atoms with Crippen LogP contribution in [0, 0.1) is 0 Å². The molecule has 1 saturated heterocycles. The van der Waals surface area contributed by atoms with Crippen LogP contribution in [0.5, 0.6) is 0 Å². The normalized spacial score (nSPS) is 17.0. The van der Waals surface area contributed by atoms with Crippen LogP contribution in [0.2, 0.25) is 0 Å². The SMILES string of the molecule is C=C(C)CN1CCC(NC(=NC)NCCS(=O)(=O)c2ccc(C(C)(C)C)cc2)CC1. The summed E-state index contributed by atoms with van der Waals surface area (Å²) in [5.41, 5.74) is 2.31. The Morgan fingerprint density at radius 2 is 1.80 bits per heavy atom. The Labute approximate surface area is 182 Å². The van der Waals surface area contributed by atoms with Crippen LogP contribution >= 0.6 is 0 Å². The highest BCUT2D eigenvalue weighted by Crippen LogP contribution is 2.23. The molecule has 168 valence electrons. The number of aliphatic imine (C=N–C) groups is 1. The highest BCUT2D eigenvalue weighted by Gasteiger charge is 2.21. The predicted molar refractivity (Wildman–Crippen MR) is 126 cm³/mol. The Bertz CT molecular complexity index is 831. The van der Waals surface area contributed by atoms with Crippen LogP contribution in [-0.4, -0.2) is 64.3 Å². The van der Waals surface area contributed by atoms with Gasteiger partial charge in [-0.25, -0.2) is 8.42 Å². The molecular weight excluding hydrogens is 396 g/mol. The van der Waals surface area contributed by atoms with E-state index in [1.165, 1.54) is 5.57 Å². The maximum Gasteiger partial charge on any atom is 0.191 e. The number of nitrogens with zero attached hydrogens (tertiary/aromatic N) is 2. The molecule has 1 fully saturated rings. The molecule has 1 heterocycles. The molecule has 0 amide bonds. The van der Waals surface area contributed by atoms with E-state index in [-0.39, 0.29) is 11.2 Å². The number of sulfone groups is 1. The minimum absolute atomic E-state index is 0.00265. The molecule has 0 spiro atoms. The number of piperidine rings is 1. The Kier molecular flexibility index (Phi) is 8.50. The Balaban J connectivity index is 1.82. The molecule has 0 aromatic heterocycles. The molecule has 30 heavy (non-hydrogen) atoms. The molecule has 0 radical (unpaired) electrons. The second-order valence-electron chi connectivity index (χ2n) is 9.24. The van der Waals surface area contributed by atoms with Crippen LogP contribution in [0.1, 0.15) is 46.1 Å². The molecule has 0 aliphatic carbocycles. The maximum atomic E-state index is 12.7. The van der Waals surface area contributed by atoms with Crippen molar-refractivity contribution < 1.29 is 8.42 Å². The fourth-order valence-electron chi connectivity index (χ4n) is 3.59. The van der Waals surface area contributed by atoms with Crippen molar-refractivity contribution in [2.24, 2.45) is 4.99 Å². The van der Waals surface area contributed by atoms with Gasteiger partial charge in [-0.1, -0.05) is 45.1 Å². The zero-order valence-electron chi connectivity index (χ0n) is 19.2. The van der Waals surface area contributed by atoms with Gasteiger partial charge in [-0.15, -0.1) is 0 Å². The summed E-state index contributed by atoms with van der Waals surface area (Å²) in [6, 6.07) is 7.57. The molecular formula is C23H38N4O2S. The molecule has 2 rings (SSSR count). The minimum atomic E-state index is -3.34. The van der Waals surface area contributed by atoms with Crippen LogP contribution < -0.4 is 10.6 Å². The van der Waals surface area contributed by atoms with Crippen LogP contribution in [0.4, 0.5) is 0 Å². The fourth-order valence-corrected chi connectivity index (χ4v) is 4.75. The van der Waals surface area contributed by atoms with E-state index >= 15 is 0 Å². The third-order valence-corrected chi connectivity index (χ3v) is 7.12. The summed E-state index contributed by atoms with van der Waals surface area (Å²) in [7, 11) is -1.62. The molecule has 7 heteroatoms. The summed E-state index contributed by atoms with van der Waals surface area (Å²) in [5.74, 6) is 0.686. The number of nitrogens with one attached hydrogen (secondary N) is 2. The van der Waals surface area contributed by atoms with E-state index in [4.69, 9.17) is 0 Å². The second kappa shape index (κ2) is 10.4. The first-order chi connectivity index (χ1) is 14.0. The Morgan fingerprint density at radius 1 is 1.20 bits per heavy atom. The standard InChI is InChI=1S/C23H38N4O2S/c1-18(2)17-27-14-11-20(12-15-27)26-22(24-6)25-13-16-30(28,29)21-9-7-19(8-10-21)23(3,4)5/h7-10,20H,1,11-17H2,2-6H3,(H2,24,25,26). The van der Waals surface area contributed by atoms with Crippen molar-refractivity contribution >= 4 is 15.8 Å². The summed E-state index contributed by atoms with van der Waals surface area (Å²) in [5, 5.41) is 6.58. The zero-order valence-corrected chi connectivity index (χ0v) is 20.0. The molecule has 1 aromatic carbocycles. The van der Waals surface area contributed by atoms with Crippen LogP contribution in [-0.2, 0) is 15.3 Å². The number of hydrogen-bond donors (Lipinski definition) is 2. The first-order valence-electron chi connectivity index (χ1n) is 10.7. The topological polar surface area (TPSA) is 73.8 Å². The molecule has 0 unspecified atom stereocenters. The lowest BCUT2D eigenvalue weighted by Crippen LogP contribution is -2.49. The number of rotatable bonds is 7. The van der Waals surface area contributed by atoms with Crippen molar-refractivity contribution in [3.05, 3.63) is 42.0 Å². The van der Waals surface area contributed by atoms with E-state index in [1.807, 2.05) is 12.1 Å². The number of hydrogen-bond acceptors (Lipinski definition) is 4. The van der Waals surface area contributed by atoms with Crippen molar-refractivity contribution in [2.75, 3.05) is 39.0 Å². The van der Waals surface area contributed by atoms with E-state index in [9.17, 15) is 8.42 Å². The summed E-state index contributed by atoms with van der Waals surface area (Å²) < 4.78 is 25.3. The van der Waals surface area contributed by atoms with Gasteiger partial charge in [0.25, 0.3) is 0 Å². The van der Waals surface area contributed by atoms with E-state index in [1.54, 1.807) is 19.2 Å². The highest BCUT2D eigenvalue weighted by molar-refractivity contribution is 7.91. The van der Waals surface area contributed by atoms with Crippen LogP contribution in [0.25, 0.3) is 0 Å². The zero-order chi connectivity index (χ0) is 22.4. The summed E-state index contributed by atoms with van der Waals surface area (Å²) >= 11 is 0. The Morgan fingerprint density at radius 3 is 2.30 bits per heavy atom. The average Bonchev–Trinajstić information content (AvgIpc) is 2.67. The molecule has 0 bridgehead atoms. The molecule has 6 nitrogen and oxygen atoms in total. The third-order valence-electron chi connectivity index (χ3n) is 5.39. The fraction of sp³-hybridized carbons (Fsp3) is 0.609. The molecule has 1 aromatic rings. The second-order valence-corrected chi connectivity index (χ2v) is 11.4. The van der Waals surface area contributed by atoms with Gasteiger partial charge in [0.2, 0.25) is 0 Å². The third kappa shape index (κ3) is 7.43. The van der Waals surface area contributed by atoms with Crippen LogP contribution in [0.3, 0.4) is 0 Å². The van der Waals surface area contributed by atoms with Gasteiger partial charge >= 0.3 is 0 Å². The largest absolute Gasteiger partial charge is 0.355 e. The van der Waals surface area contributed by atoms with E-state index in [0.29, 0.717) is 23.4 Å². The first-order valence-corrected chi connectivity index (χ1v) is 12.3. The summed E-state index contributed by atoms with van der Waals surface area (Å²) in [6.45, 7) is 15.7. The number of likely N-dealkylation sites (tertiary alicyclic amines) is 1. The van der Waals surface area contributed by atoms with Crippen molar-refractivity contribution in [3.8, 4) is 0 Å². The van der Waals surface area contributed by atoms with Gasteiger partial charge in [0.1, 0.15) is 0 Å². The molecule has 0 saturated carbocycles. The number of guanidine groups is 1. The van der Waals surface area contributed by atoms with Crippen LogP contribution in [0.15, 0.2) is 46.3 Å². The lowest BCUT2D eigenvalue weighted by Gasteiger charge is -2.33. The summed E-state index contributed by atoms with van der Waals surface area (Å²) in [4.78, 5) is 7.03. The monoisotopic (exact) mass is 434 g/mol. The van der Waals surface area contributed by atoms with Gasteiger partial charge in [0, 0.05) is 39.3 Å². The Hall–Kier alpha value is -1.86. The van der Waals surface area contributed by atoms with Gasteiger partial charge in [-0.05, 0) is 42.9 Å². The molecule has 0 atom stereocenters. The van der Waals surface area contributed by atoms with E-state index in [0.717, 1.165) is 38.0 Å². The predicted octanol–water partition coefficient (Wildman–Crippen LogP) is 2.96. The van der Waals surface area contributed by atoms with Crippen molar-refractivity contribution in [3.63, 3.8) is 0 Å². The maximum absolute atomic E-state index is 12.7. The lowest BCUT2D eigenvalue weighted by atomic mass is 9.87. The molecule has 1 aliphatic heterocycles. The summed E-state index contributed by atoms with van der Waals surface area (Å²) in [6.07, 6.45) is 2.07. The quantitative estimate of drug-likeness (QED) is 0.392. The van der Waals surface area contributed by atoms with E-state index in [2.05, 4.69) is 54.8 Å². The van der Waals surface area contributed by atoms with Gasteiger partial charge in [0.15, 0.2) is 15.8 Å². The van der Waals surface area contributed by atoms with Gasteiger partial charge in [0.05, 0.1) is 10.6 Å². The molecule has 2 N–H and O–H groups in total. The molecule has 1 aliphatic rings. The number of benzene rings is 1. The van der Waals surface area contributed by atoms with Gasteiger partial charge in [-0.2, -0.15) is 0 Å². The highest BCUT2D eigenvalue weighted by atomic mass is 32.2. The van der Waals surface area contributed by atoms with Gasteiger partial charge in [-0.3, -0.25) is 9.89 Å². The van der Waals surface area contributed by atoms with Crippen molar-refractivity contribution in [2.45, 2.75) is 56.9 Å². The minimum Gasteiger partial charge on any atom is -0.355 e. The van der Waals surface area contributed by atoms with Crippen molar-refractivity contribution in [1.82, 2.24) is 15.5 Å². The first kappa shape index (κ1) is 24.4.